The van der Waals surface area contributed by atoms with Gasteiger partial charge in [0.05, 0.1) is 11.5 Å². The van der Waals surface area contributed by atoms with Gasteiger partial charge in [0.2, 0.25) is 0 Å². The Morgan fingerprint density at radius 3 is 2.80 bits per heavy atom. The standard InChI is InChI=1S/C11H21NO3/c1-3-4-9(10(13)14)11(15)5-6-12-7-8(11)2/h8-9,12,15H,3-7H2,1-2H3,(H,13,14). The maximum absolute atomic E-state index is 11.2. The van der Waals surface area contributed by atoms with Crippen LogP contribution in [0.5, 0.6) is 0 Å². The van der Waals surface area contributed by atoms with E-state index in [1.54, 1.807) is 0 Å². The number of aliphatic carboxylic acids is 1. The summed E-state index contributed by atoms with van der Waals surface area (Å²) < 4.78 is 0. The summed E-state index contributed by atoms with van der Waals surface area (Å²) in [6, 6.07) is 0. The molecule has 88 valence electrons. The third-order valence-electron chi connectivity index (χ3n) is 3.49. The molecule has 3 N–H and O–H groups in total. The van der Waals surface area contributed by atoms with Gasteiger partial charge < -0.3 is 15.5 Å². The molecule has 4 heteroatoms. The number of piperidine rings is 1. The Morgan fingerprint density at radius 1 is 1.67 bits per heavy atom. The molecule has 1 fully saturated rings. The van der Waals surface area contributed by atoms with Gasteiger partial charge in [0, 0.05) is 6.54 Å². The minimum absolute atomic E-state index is 0.00102. The molecule has 1 rings (SSSR count). The largest absolute Gasteiger partial charge is 0.481 e. The molecule has 0 aromatic carbocycles. The second kappa shape index (κ2) is 4.94. The zero-order chi connectivity index (χ0) is 11.5. The molecule has 1 aliphatic heterocycles. The zero-order valence-corrected chi connectivity index (χ0v) is 9.49. The molecule has 1 heterocycles. The summed E-state index contributed by atoms with van der Waals surface area (Å²) in [4.78, 5) is 11.2. The fourth-order valence-electron chi connectivity index (χ4n) is 2.42. The van der Waals surface area contributed by atoms with E-state index < -0.39 is 17.5 Å². The van der Waals surface area contributed by atoms with Gasteiger partial charge in [-0.3, -0.25) is 4.79 Å². The van der Waals surface area contributed by atoms with Gasteiger partial charge in [-0.25, -0.2) is 0 Å². The van der Waals surface area contributed by atoms with Crippen LogP contribution < -0.4 is 5.32 Å². The van der Waals surface area contributed by atoms with Gasteiger partial charge in [0.25, 0.3) is 0 Å². The molecule has 0 aromatic rings. The van der Waals surface area contributed by atoms with E-state index in [2.05, 4.69) is 5.32 Å². The molecule has 4 nitrogen and oxygen atoms in total. The summed E-state index contributed by atoms with van der Waals surface area (Å²) in [7, 11) is 0. The Balaban J connectivity index is 2.82. The fourth-order valence-corrected chi connectivity index (χ4v) is 2.42. The predicted octanol–water partition coefficient (Wildman–Crippen LogP) is 0.848. The molecule has 0 aliphatic carbocycles. The summed E-state index contributed by atoms with van der Waals surface area (Å²) in [5, 5.41) is 22.8. The van der Waals surface area contributed by atoms with Crippen molar-refractivity contribution in [3.8, 4) is 0 Å². The Labute approximate surface area is 90.7 Å². The molecule has 3 atom stereocenters. The highest BCUT2D eigenvalue weighted by molar-refractivity contribution is 5.71. The third-order valence-corrected chi connectivity index (χ3v) is 3.49. The molecular weight excluding hydrogens is 194 g/mol. The van der Waals surface area contributed by atoms with Crippen molar-refractivity contribution in [3.05, 3.63) is 0 Å². The minimum atomic E-state index is -1.03. The molecule has 0 spiro atoms. The van der Waals surface area contributed by atoms with E-state index in [0.717, 1.165) is 6.42 Å². The summed E-state index contributed by atoms with van der Waals surface area (Å²) in [5.74, 6) is -1.49. The lowest BCUT2D eigenvalue weighted by atomic mass is 9.72. The van der Waals surface area contributed by atoms with Crippen LogP contribution in [0.2, 0.25) is 0 Å². The third kappa shape index (κ3) is 2.49. The molecule has 0 amide bonds. The number of carboxylic acids is 1. The quantitative estimate of drug-likeness (QED) is 0.650. The highest BCUT2D eigenvalue weighted by atomic mass is 16.4. The van der Waals surface area contributed by atoms with Crippen molar-refractivity contribution in [3.63, 3.8) is 0 Å². The topological polar surface area (TPSA) is 69.6 Å². The molecule has 1 aliphatic rings. The van der Waals surface area contributed by atoms with Crippen LogP contribution in [0.3, 0.4) is 0 Å². The van der Waals surface area contributed by atoms with Crippen LogP contribution >= 0.6 is 0 Å². The van der Waals surface area contributed by atoms with Gasteiger partial charge in [0.15, 0.2) is 0 Å². The number of hydrogen-bond acceptors (Lipinski definition) is 3. The van der Waals surface area contributed by atoms with Crippen molar-refractivity contribution in [2.24, 2.45) is 11.8 Å². The van der Waals surface area contributed by atoms with Crippen LogP contribution in [0.4, 0.5) is 0 Å². The van der Waals surface area contributed by atoms with Gasteiger partial charge >= 0.3 is 5.97 Å². The van der Waals surface area contributed by atoms with E-state index >= 15 is 0 Å². The van der Waals surface area contributed by atoms with Crippen molar-refractivity contribution in [2.75, 3.05) is 13.1 Å². The number of aliphatic hydroxyl groups is 1. The lowest BCUT2D eigenvalue weighted by Crippen LogP contribution is -2.55. The first-order valence-electron chi connectivity index (χ1n) is 5.68. The number of nitrogens with one attached hydrogen (secondary N) is 1. The maximum Gasteiger partial charge on any atom is 0.309 e. The lowest BCUT2D eigenvalue weighted by Gasteiger charge is -2.42. The van der Waals surface area contributed by atoms with Crippen LogP contribution in [-0.4, -0.2) is 34.9 Å². The van der Waals surface area contributed by atoms with Crippen molar-refractivity contribution in [1.29, 1.82) is 0 Å². The second-order valence-electron chi connectivity index (χ2n) is 4.53. The first kappa shape index (κ1) is 12.5. The van der Waals surface area contributed by atoms with E-state index in [-0.39, 0.29) is 5.92 Å². The average Bonchev–Trinajstić information content (AvgIpc) is 2.18. The molecule has 15 heavy (non-hydrogen) atoms. The lowest BCUT2D eigenvalue weighted by molar-refractivity contribution is -0.160. The van der Waals surface area contributed by atoms with E-state index in [1.165, 1.54) is 0 Å². The monoisotopic (exact) mass is 215 g/mol. The molecular formula is C11H21NO3. The molecule has 3 unspecified atom stereocenters. The molecule has 1 saturated heterocycles. The number of rotatable bonds is 4. The predicted molar refractivity (Wildman–Crippen MR) is 57.6 cm³/mol. The van der Waals surface area contributed by atoms with Gasteiger partial charge in [-0.15, -0.1) is 0 Å². The van der Waals surface area contributed by atoms with Crippen molar-refractivity contribution in [2.45, 2.75) is 38.7 Å². The Bertz CT molecular complexity index is 232. The van der Waals surface area contributed by atoms with Crippen LogP contribution in [0.15, 0.2) is 0 Å². The Hall–Kier alpha value is -0.610. The Morgan fingerprint density at radius 2 is 2.33 bits per heavy atom. The summed E-state index contributed by atoms with van der Waals surface area (Å²) in [5.41, 5.74) is -1.03. The number of carboxylic acid groups (broad SMARTS) is 1. The highest BCUT2D eigenvalue weighted by Gasteiger charge is 2.46. The van der Waals surface area contributed by atoms with E-state index in [9.17, 15) is 9.90 Å². The molecule has 0 saturated carbocycles. The number of carbonyl (C=O) groups is 1. The highest BCUT2D eigenvalue weighted by Crippen LogP contribution is 2.34. The van der Waals surface area contributed by atoms with E-state index in [1.807, 2.05) is 13.8 Å². The van der Waals surface area contributed by atoms with E-state index in [4.69, 9.17) is 5.11 Å². The number of hydrogen-bond donors (Lipinski definition) is 3. The average molecular weight is 215 g/mol. The van der Waals surface area contributed by atoms with Crippen molar-refractivity contribution >= 4 is 5.97 Å². The van der Waals surface area contributed by atoms with Crippen molar-refractivity contribution < 1.29 is 15.0 Å². The van der Waals surface area contributed by atoms with Gasteiger partial charge in [-0.1, -0.05) is 20.3 Å². The molecule has 0 bridgehead atoms. The van der Waals surface area contributed by atoms with Gasteiger partial charge in [0.1, 0.15) is 0 Å². The summed E-state index contributed by atoms with van der Waals surface area (Å²) in [6.07, 6.45) is 1.88. The summed E-state index contributed by atoms with van der Waals surface area (Å²) >= 11 is 0. The van der Waals surface area contributed by atoms with E-state index in [0.29, 0.717) is 25.9 Å². The fraction of sp³-hybridized carbons (Fsp3) is 0.909. The zero-order valence-electron chi connectivity index (χ0n) is 9.49. The van der Waals surface area contributed by atoms with Crippen LogP contribution in [0.25, 0.3) is 0 Å². The van der Waals surface area contributed by atoms with Crippen molar-refractivity contribution in [1.82, 2.24) is 5.32 Å². The first-order valence-corrected chi connectivity index (χ1v) is 5.68. The van der Waals surface area contributed by atoms with Gasteiger partial charge in [-0.2, -0.15) is 0 Å². The van der Waals surface area contributed by atoms with Crippen LogP contribution in [0.1, 0.15) is 33.1 Å². The van der Waals surface area contributed by atoms with Gasteiger partial charge in [-0.05, 0) is 25.3 Å². The molecule has 0 radical (unpaired) electrons. The van der Waals surface area contributed by atoms with Crippen LogP contribution in [0, 0.1) is 11.8 Å². The smallest absolute Gasteiger partial charge is 0.309 e. The maximum atomic E-state index is 11.2. The SMILES string of the molecule is CCCC(C(=O)O)C1(O)CCNCC1C. The molecule has 0 aromatic heterocycles. The summed E-state index contributed by atoms with van der Waals surface area (Å²) in [6.45, 7) is 5.27. The second-order valence-corrected chi connectivity index (χ2v) is 4.53. The minimum Gasteiger partial charge on any atom is -0.481 e. The van der Waals surface area contributed by atoms with Crippen LogP contribution in [-0.2, 0) is 4.79 Å². The first-order chi connectivity index (χ1) is 7.02. The normalized spacial score (nSPS) is 33.7. The Kier molecular flexibility index (Phi) is 4.11.